The summed E-state index contributed by atoms with van der Waals surface area (Å²) < 4.78 is 0. The summed E-state index contributed by atoms with van der Waals surface area (Å²) >= 11 is 0. The summed E-state index contributed by atoms with van der Waals surface area (Å²) in [4.78, 5) is 31.3. The molecule has 154 valence electrons. The molecular weight excluding hydrogens is 352 g/mol. The van der Waals surface area contributed by atoms with E-state index in [9.17, 15) is 9.59 Å². The predicted octanol–water partition coefficient (Wildman–Crippen LogP) is 2.10. The Hall–Kier alpha value is -2.08. The monoisotopic (exact) mass is 386 g/mol. The van der Waals surface area contributed by atoms with Gasteiger partial charge in [0, 0.05) is 45.0 Å². The van der Waals surface area contributed by atoms with Gasteiger partial charge in [0.05, 0.1) is 6.54 Å². The van der Waals surface area contributed by atoms with Crippen molar-refractivity contribution >= 4 is 17.5 Å². The summed E-state index contributed by atoms with van der Waals surface area (Å²) in [6.07, 6.45) is 5.42. The third kappa shape index (κ3) is 5.47. The van der Waals surface area contributed by atoms with Gasteiger partial charge in [-0.3, -0.25) is 14.5 Å². The third-order valence-corrected chi connectivity index (χ3v) is 6.05. The molecule has 0 aromatic heterocycles. The van der Waals surface area contributed by atoms with Crippen molar-refractivity contribution in [1.82, 2.24) is 15.1 Å². The number of hydrogen-bond donors (Lipinski definition) is 1. The molecule has 0 bridgehead atoms. The van der Waals surface area contributed by atoms with Gasteiger partial charge >= 0.3 is 0 Å². The van der Waals surface area contributed by atoms with Gasteiger partial charge in [-0.25, -0.2) is 0 Å². The fraction of sp³-hybridized carbons (Fsp3) is 0.636. The predicted molar refractivity (Wildman–Crippen MR) is 112 cm³/mol. The van der Waals surface area contributed by atoms with E-state index in [1.54, 1.807) is 6.92 Å². The van der Waals surface area contributed by atoms with Crippen LogP contribution in [-0.4, -0.2) is 73.5 Å². The fourth-order valence-electron chi connectivity index (χ4n) is 4.28. The molecule has 0 radical (unpaired) electrons. The van der Waals surface area contributed by atoms with Crippen LogP contribution in [0, 0.1) is 0 Å². The molecule has 2 fully saturated rings. The summed E-state index contributed by atoms with van der Waals surface area (Å²) in [5, 5.41) is 2.90. The maximum atomic E-state index is 12.5. The van der Waals surface area contributed by atoms with E-state index in [1.807, 2.05) is 11.0 Å². The second-order valence-corrected chi connectivity index (χ2v) is 8.13. The smallest absolute Gasteiger partial charge is 0.244 e. The van der Waals surface area contributed by atoms with Crippen LogP contribution in [-0.2, 0) is 9.59 Å². The van der Waals surface area contributed by atoms with Crippen LogP contribution in [0.4, 0.5) is 5.69 Å². The molecule has 3 rings (SSSR count). The zero-order valence-corrected chi connectivity index (χ0v) is 17.3. The number of hydrogen-bond acceptors (Lipinski definition) is 4. The van der Waals surface area contributed by atoms with Crippen molar-refractivity contribution < 1.29 is 9.59 Å². The van der Waals surface area contributed by atoms with Crippen LogP contribution in [0.3, 0.4) is 0 Å². The van der Waals surface area contributed by atoms with E-state index in [4.69, 9.17) is 0 Å². The number of anilines is 1. The Balaban J connectivity index is 1.40. The maximum Gasteiger partial charge on any atom is 0.244 e. The number of piperidine rings is 2. The lowest BCUT2D eigenvalue weighted by Gasteiger charge is -2.37. The summed E-state index contributed by atoms with van der Waals surface area (Å²) in [6.45, 7) is 5.63. The van der Waals surface area contributed by atoms with E-state index in [0.29, 0.717) is 12.6 Å². The molecule has 6 heteroatoms. The first-order chi connectivity index (χ1) is 13.5. The SMILES string of the molecule is CC(NC(=O)CN1CCC(N(C)c2ccccc2)CC1)C(=O)N1CCCCC1. The Morgan fingerprint density at radius 3 is 2.36 bits per heavy atom. The second kappa shape index (κ2) is 9.92. The molecule has 1 aromatic carbocycles. The molecule has 1 N–H and O–H groups in total. The van der Waals surface area contributed by atoms with Crippen molar-refractivity contribution in [3.05, 3.63) is 30.3 Å². The normalized spacial score (nSPS) is 19.9. The van der Waals surface area contributed by atoms with Gasteiger partial charge in [-0.15, -0.1) is 0 Å². The molecule has 2 aliphatic heterocycles. The number of nitrogens with one attached hydrogen (secondary N) is 1. The summed E-state index contributed by atoms with van der Waals surface area (Å²) in [6, 6.07) is 10.5. The van der Waals surface area contributed by atoms with Gasteiger partial charge in [-0.1, -0.05) is 18.2 Å². The molecule has 1 aromatic rings. The topological polar surface area (TPSA) is 55.9 Å². The van der Waals surface area contributed by atoms with Crippen LogP contribution in [0.5, 0.6) is 0 Å². The number of likely N-dealkylation sites (tertiary alicyclic amines) is 2. The number of para-hydroxylation sites is 1. The van der Waals surface area contributed by atoms with Crippen LogP contribution >= 0.6 is 0 Å². The Morgan fingerprint density at radius 2 is 1.71 bits per heavy atom. The van der Waals surface area contributed by atoms with E-state index >= 15 is 0 Å². The Bertz CT molecular complexity index is 637. The zero-order chi connectivity index (χ0) is 19.9. The summed E-state index contributed by atoms with van der Waals surface area (Å²) in [5.74, 6) is 0.00367. The summed E-state index contributed by atoms with van der Waals surface area (Å²) in [7, 11) is 2.15. The lowest BCUT2D eigenvalue weighted by Crippen LogP contribution is -2.51. The maximum absolute atomic E-state index is 12.5. The van der Waals surface area contributed by atoms with Crippen LogP contribution in [0.25, 0.3) is 0 Å². The molecule has 0 spiro atoms. The van der Waals surface area contributed by atoms with E-state index in [0.717, 1.165) is 51.9 Å². The fourth-order valence-corrected chi connectivity index (χ4v) is 4.28. The first-order valence-corrected chi connectivity index (χ1v) is 10.6. The van der Waals surface area contributed by atoms with E-state index in [1.165, 1.54) is 12.1 Å². The number of amides is 2. The molecule has 1 unspecified atom stereocenters. The van der Waals surface area contributed by atoms with Crippen LogP contribution in [0.15, 0.2) is 30.3 Å². The van der Waals surface area contributed by atoms with Crippen molar-refractivity contribution in [3.63, 3.8) is 0 Å². The number of benzene rings is 1. The van der Waals surface area contributed by atoms with Gasteiger partial charge in [0.25, 0.3) is 0 Å². The average molecular weight is 387 g/mol. The molecule has 28 heavy (non-hydrogen) atoms. The highest BCUT2D eigenvalue weighted by molar-refractivity contribution is 5.88. The number of carbonyl (C=O) groups excluding carboxylic acids is 2. The minimum atomic E-state index is -0.438. The lowest BCUT2D eigenvalue weighted by molar-refractivity contribution is -0.137. The van der Waals surface area contributed by atoms with E-state index in [2.05, 4.69) is 46.4 Å². The van der Waals surface area contributed by atoms with Crippen molar-refractivity contribution in [2.45, 2.75) is 51.1 Å². The van der Waals surface area contributed by atoms with Crippen molar-refractivity contribution in [2.75, 3.05) is 44.7 Å². The number of nitrogens with zero attached hydrogens (tertiary/aromatic N) is 3. The molecule has 1 atom stereocenters. The Labute approximate surface area is 168 Å². The molecular formula is C22H34N4O2. The average Bonchev–Trinajstić information content (AvgIpc) is 2.74. The highest BCUT2D eigenvalue weighted by Crippen LogP contribution is 2.21. The zero-order valence-electron chi connectivity index (χ0n) is 17.3. The van der Waals surface area contributed by atoms with Gasteiger partial charge in [0.2, 0.25) is 11.8 Å². The largest absolute Gasteiger partial charge is 0.372 e. The Kier molecular flexibility index (Phi) is 7.31. The minimum absolute atomic E-state index is 0.0484. The van der Waals surface area contributed by atoms with Gasteiger partial charge in [0.15, 0.2) is 0 Å². The third-order valence-electron chi connectivity index (χ3n) is 6.05. The Morgan fingerprint density at radius 1 is 1.07 bits per heavy atom. The van der Waals surface area contributed by atoms with Gasteiger partial charge < -0.3 is 15.1 Å². The standard InChI is InChI=1S/C22H34N4O2/c1-18(22(28)26-13-7-4-8-14-26)23-21(27)17-25-15-11-20(12-16-25)24(2)19-9-5-3-6-10-19/h3,5-6,9-10,18,20H,4,7-8,11-17H2,1-2H3,(H,23,27). The van der Waals surface area contributed by atoms with Gasteiger partial charge in [-0.05, 0) is 51.2 Å². The first kappa shape index (κ1) is 20.6. The molecule has 2 heterocycles. The molecule has 0 aliphatic carbocycles. The van der Waals surface area contributed by atoms with Gasteiger partial charge in [-0.2, -0.15) is 0 Å². The summed E-state index contributed by atoms with van der Waals surface area (Å²) in [5.41, 5.74) is 1.24. The molecule has 6 nitrogen and oxygen atoms in total. The van der Waals surface area contributed by atoms with E-state index in [-0.39, 0.29) is 11.8 Å². The van der Waals surface area contributed by atoms with E-state index < -0.39 is 6.04 Å². The lowest BCUT2D eigenvalue weighted by atomic mass is 10.0. The molecule has 2 amide bonds. The van der Waals surface area contributed by atoms with Crippen LogP contribution < -0.4 is 10.2 Å². The van der Waals surface area contributed by atoms with Crippen molar-refractivity contribution in [3.8, 4) is 0 Å². The van der Waals surface area contributed by atoms with Crippen molar-refractivity contribution in [2.24, 2.45) is 0 Å². The second-order valence-electron chi connectivity index (χ2n) is 8.13. The quantitative estimate of drug-likeness (QED) is 0.814. The van der Waals surface area contributed by atoms with Crippen LogP contribution in [0.1, 0.15) is 39.0 Å². The minimum Gasteiger partial charge on any atom is -0.372 e. The molecule has 2 aliphatic rings. The highest BCUT2D eigenvalue weighted by atomic mass is 16.2. The molecule has 2 saturated heterocycles. The van der Waals surface area contributed by atoms with Crippen LogP contribution in [0.2, 0.25) is 0 Å². The van der Waals surface area contributed by atoms with Crippen molar-refractivity contribution in [1.29, 1.82) is 0 Å². The first-order valence-electron chi connectivity index (χ1n) is 10.6. The number of carbonyl (C=O) groups is 2. The highest BCUT2D eigenvalue weighted by Gasteiger charge is 2.26. The molecule has 0 saturated carbocycles. The van der Waals surface area contributed by atoms with Gasteiger partial charge in [0.1, 0.15) is 6.04 Å². The number of rotatable bonds is 6.